The van der Waals surface area contributed by atoms with Crippen LogP contribution in [0.25, 0.3) is 16.6 Å². The topological polar surface area (TPSA) is 44.1 Å². The van der Waals surface area contributed by atoms with Gasteiger partial charge in [0.05, 0.1) is 16.6 Å². The molecule has 0 unspecified atom stereocenters. The summed E-state index contributed by atoms with van der Waals surface area (Å²) in [6.07, 6.45) is 0. The Morgan fingerprint density at radius 3 is 2.35 bits per heavy atom. The lowest BCUT2D eigenvalue weighted by atomic mass is 10.2. The van der Waals surface area contributed by atoms with Gasteiger partial charge in [-0.3, -0.25) is 9.36 Å². The lowest BCUT2D eigenvalue weighted by Crippen LogP contribution is -2.22. The summed E-state index contributed by atoms with van der Waals surface area (Å²) in [5, 5.41) is 0.613. The van der Waals surface area contributed by atoms with Crippen molar-refractivity contribution in [2.45, 2.75) is 13.5 Å². The Morgan fingerprint density at radius 1 is 0.885 bits per heavy atom. The molecule has 0 saturated heterocycles. The smallest absolute Gasteiger partial charge is 0.265 e. The molecule has 4 heteroatoms. The molecule has 4 rings (SSSR count). The minimum Gasteiger partial charge on any atom is -0.489 e. The maximum Gasteiger partial charge on any atom is 0.265 e. The predicted octanol–water partition coefficient (Wildman–Crippen LogP) is 4.27. The van der Waals surface area contributed by atoms with Gasteiger partial charge >= 0.3 is 0 Å². The van der Waals surface area contributed by atoms with Gasteiger partial charge in [-0.25, -0.2) is 4.98 Å². The minimum absolute atomic E-state index is 0.0638. The number of rotatable bonds is 4. The van der Waals surface area contributed by atoms with E-state index in [0.29, 0.717) is 23.3 Å². The average molecular weight is 342 g/mol. The van der Waals surface area contributed by atoms with Gasteiger partial charge in [0.15, 0.2) is 0 Å². The first kappa shape index (κ1) is 16.1. The van der Waals surface area contributed by atoms with Crippen molar-refractivity contribution < 1.29 is 4.74 Å². The molecule has 0 aliphatic rings. The quantitative estimate of drug-likeness (QED) is 0.556. The summed E-state index contributed by atoms with van der Waals surface area (Å²) >= 11 is 0. The fourth-order valence-electron chi connectivity index (χ4n) is 2.98. The van der Waals surface area contributed by atoms with Crippen LogP contribution in [0.4, 0.5) is 0 Å². The van der Waals surface area contributed by atoms with Gasteiger partial charge < -0.3 is 4.74 Å². The van der Waals surface area contributed by atoms with E-state index in [1.807, 2.05) is 79.7 Å². The molecule has 0 aliphatic carbocycles. The van der Waals surface area contributed by atoms with Crippen molar-refractivity contribution in [2.75, 3.05) is 0 Å². The monoisotopic (exact) mass is 342 g/mol. The van der Waals surface area contributed by atoms with Crippen LogP contribution in [-0.4, -0.2) is 9.55 Å². The standard InChI is InChI=1S/C22H18N2O2/c1-16-23-21-10-6-5-9-20(21)22(25)24(16)18-11-13-19(14-12-18)26-15-17-7-3-2-4-8-17/h2-14H,15H2,1H3. The molecule has 0 amide bonds. The molecule has 4 aromatic rings. The number of ether oxygens (including phenoxy) is 1. The van der Waals surface area contributed by atoms with Crippen molar-refractivity contribution in [3.63, 3.8) is 0 Å². The second kappa shape index (κ2) is 6.84. The zero-order valence-corrected chi connectivity index (χ0v) is 14.4. The highest BCUT2D eigenvalue weighted by molar-refractivity contribution is 5.77. The normalized spacial score (nSPS) is 10.8. The molecule has 0 fully saturated rings. The van der Waals surface area contributed by atoms with E-state index in [1.165, 1.54) is 0 Å². The number of hydrogen-bond acceptors (Lipinski definition) is 3. The number of aromatic nitrogens is 2. The minimum atomic E-state index is -0.0638. The van der Waals surface area contributed by atoms with Crippen LogP contribution in [0.5, 0.6) is 5.75 Å². The summed E-state index contributed by atoms with van der Waals surface area (Å²) in [6, 6.07) is 24.9. The molecule has 1 heterocycles. The molecular weight excluding hydrogens is 324 g/mol. The third-order valence-electron chi connectivity index (χ3n) is 4.29. The highest BCUT2D eigenvalue weighted by Crippen LogP contribution is 2.18. The van der Waals surface area contributed by atoms with E-state index in [0.717, 1.165) is 17.0 Å². The van der Waals surface area contributed by atoms with Crippen LogP contribution in [0, 0.1) is 6.92 Å². The zero-order chi connectivity index (χ0) is 17.9. The van der Waals surface area contributed by atoms with Crippen molar-refractivity contribution in [1.29, 1.82) is 0 Å². The van der Waals surface area contributed by atoms with Gasteiger partial charge in [0.2, 0.25) is 0 Å². The van der Waals surface area contributed by atoms with E-state index in [9.17, 15) is 4.79 Å². The SMILES string of the molecule is Cc1nc2ccccc2c(=O)n1-c1ccc(OCc2ccccc2)cc1. The Hall–Kier alpha value is -3.40. The Labute approximate surface area is 151 Å². The van der Waals surface area contributed by atoms with Gasteiger partial charge in [-0.2, -0.15) is 0 Å². The Kier molecular flexibility index (Phi) is 4.23. The van der Waals surface area contributed by atoms with Crippen LogP contribution in [0.3, 0.4) is 0 Å². The van der Waals surface area contributed by atoms with Gasteiger partial charge in [0, 0.05) is 0 Å². The summed E-state index contributed by atoms with van der Waals surface area (Å²) in [6.45, 7) is 2.35. The van der Waals surface area contributed by atoms with Crippen LogP contribution in [0.1, 0.15) is 11.4 Å². The molecule has 0 atom stereocenters. The van der Waals surface area contributed by atoms with Crippen LogP contribution < -0.4 is 10.3 Å². The van der Waals surface area contributed by atoms with Crippen molar-refractivity contribution in [1.82, 2.24) is 9.55 Å². The van der Waals surface area contributed by atoms with E-state index in [4.69, 9.17) is 4.74 Å². The van der Waals surface area contributed by atoms with E-state index < -0.39 is 0 Å². The Bertz CT molecular complexity index is 1100. The van der Waals surface area contributed by atoms with Gasteiger partial charge in [0.25, 0.3) is 5.56 Å². The lowest BCUT2D eigenvalue weighted by molar-refractivity contribution is 0.306. The van der Waals surface area contributed by atoms with Gasteiger partial charge in [-0.05, 0) is 48.9 Å². The second-order valence-corrected chi connectivity index (χ2v) is 6.08. The van der Waals surface area contributed by atoms with Crippen LogP contribution in [0.2, 0.25) is 0 Å². The van der Waals surface area contributed by atoms with E-state index in [1.54, 1.807) is 10.6 Å². The van der Waals surface area contributed by atoms with E-state index in [-0.39, 0.29) is 5.56 Å². The highest BCUT2D eigenvalue weighted by Gasteiger charge is 2.09. The van der Waals surface area contributed by atoms with Crippen molar-refractivity contribution in [2.24, 2.45) is 0 Å². The summed E-state index contributed by atoms with van der Waals surface area (Å²) < 4.78 is 7.44. The molecule has 0 bridgehead atoms. The fraction of sp³-hybridized carbons (Fsp3) is 0.0909. The number of benzene rings is 3. The van der Waals surface area contributed by atoms with E-state index in [2.05, 4.69) is 4.98 Å². The lowest BCUT2D eigenvalue weighted by Gasteiger charge is -2.12. The third-order valence-corrected chi connectivity index (χ3v) is 4.29. The molecule has 0 spiro atoms. The molecule has 0 aliphatic heterocycles. The fourth-order valence-corrected chi connectivity index (χ4v) is 2.98. The number of hydrogen-bond donors (Lipinski definition) is 0. The summed E-state index contributed by atoms with van der Waals surface area (Å²) in [7, 11) is 0. The van der Waals surface area contributed by atoms with Gasteiger partial charge in [-0.15, -0.1) is 0 Å². The molecule has 0 saturated carbocycles. The van der Waals surface area contributed by atoms with Crippen molar-refractivity contribution in [3.05, 3.63) is 101 Å². The maximum absolute atomic E-state index is 12.8. The first-order valence-electron chi connectivity index (χ1n) is 8.48. The number of fused-ring (bicyclic) bond motifs is 1. The van der Waals surface area contributed by atoms with Crippen LogP contribution in [-0.2, 0) is 6.61 Å². The third kappa shape index (κ3) is 3.09. The number of aryl methyl sites for hydroxylation is 1. The van der Waals surface area contributed by atoms with Gasteiger partial charge in [0.1, 0.15) is 18.2 Å². The summed E-state index contributed by atoms with van der Waals surface area (Å²) in [4.78, 5) is 17.4. The highest BCUT2D eigenvalue weighted by atomic mass is 16.5. The van der Waals surface area contributed by atoms with Crippen LogP contribution >= 0.6 is 0 Å². The average Bonchev–Trinajstić information content (AvgIpc) is 2.68. The predicted molar refractivity (Wildman–Crippen MR) is 103 cm³/mol. The molecule has 1 aromatic heterocycles. The molecule has 0 N–H and O–H groups in total. The zero-order valence-electron chi connectivity index (χ0n) is 14.4. The maximum atomic E-state index is 12.8. The summed E-state index contributed by atoms with van der Waals surface area (Å²) in [5.74, 6) is 1.42. The van der Waals surface area contributed by atoms with E-state index >= 15 is 0 Å². The first-order chi connectivity index (χ1) is 12.7. The molecule has 4 nitrogen and oxygen atoms in total. The largest absolute Gasteiger partial charge is 0.489 e. The number of nitrogens with zero attached hydrogens (tertiary/aromatic N) is 2. The second-order valence-electron chi connectivity index (χ2n) is 6.08. The molecule has 26 heavy (non-hydrogen) atoms. The molecule has 128 valence electrons. The molecule has 3 aromatic carbocycles. The van der Waals surface area contributed by atoms with Crippen molar-refractivity contribution in [3.8, 4) is 11.4 Å². The Balaban J connectivity index is 1.63. The molecule has 0 radical (unpaired) electrons. The molecular formula is C22H18N2O2. The van der Waals surface area contributed by atoms with Gasteiger partial charge in [-0.1, -0.05) is 42.5 Å². The first-order valence-corrected chi connectivity index (χ1v) is 8.48. The number of para-hydroxylation sites is 1. The summed E-state index contributed by atoms with van der Waals surface area (Å²) in [5.41, 5.74) is 2.54. The Morgan fingerprint density at radius 2 is 1.58 bits per heavy atom. The van der Waals surface area contributed by atoms with Crippen molar-refractivity contribution >= 4 is 10.9 Å². The van der Waals surface area contributed by atoms with Crippen LogP contribution in [0.15, 0.2) is 83.7 Å².